The highest BCUT2D eigenvalue weighted by Crippen LogP contribution is 2.18. The molecule has 0 spiro atoms. The van der Waals surface area contributed by atoms with E-state index in [-0.39, 0.29) is 0 Å². The van der Waals surface area contributed by atoms with Crippen LogP contribution < -0.4 is 0 Å². The van der Waals surface area contributed by atoms with Crippen LogP contribution in [0.2, 0.25) is 0 Å². The molecular weight excluding hydrogens is 288 g/mol. The number of thioether (sulfide) groups is 1. The summed E-state index contributed by atoms with van der Waals surface area (Å²) in [4.78, 5) is 12.7. The minimum absolute atomic E-state index is 0.678. The van der Waals surface area contributed by atoms with E-state index in [1.165, 1.54) is 10.5 Å². The fourth-order valence-electron chi connectivity index (χ4n) is 1.92. The maximum atomic E-state index is 5.44. The zero-order valence-electron chi connectivity index (χ0n) is 11.0. The molecule has 102 valence electrons. The van der Waals surface area contributed by atoms with Gasteiger partial charge >= 0.3 is 0 Å². The minimum atomic E-state index is 0.678. The summed E-state index contributed by atoms with van der Waals surface area (Å²) in [5.74, 6) is 0.957. The second-order valence-electron chi connectivity index (χ2n) is 4.51. The average Bonchev–Trinajstić information content (AvgIpc) is 2.93. The van der Waals surface area contributed by atoms with Crippen LogP contribution in [-0.2, 0) is 6.54 Å². The highest BCUT2D eigenvalue weighted by atomic mass is 32.2. The van der Waals surface area contributed by atoms with E-state index in [0.717, 1.165) is 22.5 Å². The van der Waals surface area contributed by atoms with Crippen molar-refractivity contribution in [2.45, 2.75) is 18.4 Å². The summed E-state index contributed by atoms with van der Waals surface area (Å²) in [5, 5.41) is 0. The van der Waals surface area contributed by atoms with Gasteiger partial charge in [0.05, 0.1) is 12.7 Å². The van der Waals surface area contributed by atoms with Crippen LogP contribution in [0.3, 0.4) is 0 Å². The second kappa shape index (κ2) is 5.76. The van der Waals surface area contributed by atoms with Crippen molar-refractivity contribution in [3.05, 3.63) is 47.1 Å². The van der Waals surface area contributed by atoms with Gasteiger partial charge in [-0.3, -0.25) is 0 Å². The zero-order chi connectivity index (χ0) is 13.9. The van der Waals surface area contributed by atoms with Gasteiger partial charge < -0.3 is 9.55 Å². The lowest BCUT2D eigenvalue weighted by molar-refractivity contribution is 0.740. The van der Waals surface area contributed by atoms with Crippen molar-refractivity contribution in [2.75, 3.05) is 5.75 Å². The fourth-order valence-corrected chi connectivity index (χ4v) is 3.06. The van der Waals surface area contributed by atoms with Gasteiger partial charge in [0, 0.05) is 17.2 Å². The van der Waals surface area contributed by atoms with E-state index in [1.807, 2.05) is 16.3 Å². The molecule has 0 aliphatic carbocycles. The quantitative estimate of drug-likeness (QED) is 0.591. The number of aromatic amines is 1. The van der Waals surface area contributed by atoms with Crippen LogP contribution in [0, 0.1) is 11.6 Å². The van der Waals surface area contributed by atoms with E-state index in [4.69, 9.17) is 12.2 Å². The Hall–Kier alpha value is -1.66. The van der Waals surface area contributed by atoms with Crippen molar-refractivity contribution in [3.63, 3.8) is 0 Å². The standard InChI is InChI=1S/C14H14N4S2/c1-10-2-4-11(5-3-10)20-7-6-18-9-17-13-12(14(18)19)15-8-16-13/h2-5,8-9H,6-7H2,1H3,(H,15,16). The van der Waals surface area contributed by atoms with Gasteiger partial charge in [0.2, 0.25) is 0 Å². The third kappa shape index (κ3) is 2.76. The van der Waals surface area contributed by atoms with Crippen molar-refractivity contribution in [2.24, 2.45) is 0 Å². The topological polar surface area (TPSA) is 46.5 Å². The minimum Gasteiger partial charge on any atom is -0.341 e. The third-order valence-corrected chi connectivity index (χ3v) is 4.47. The van der Waals surface area contributed by atoms with Crippen molar-refractivity contribution in [1.29, 1.82) is 0 Å². The first kappa shape index (κ1) is 13.3. The molecule has 2 heterocycles. The van der Waals surface area contributed by atoms with Crippen molar-refractivity contribution in [3.8, 4) is 0 Å². The lowest BCUT2D eigenvalue weighted by Gasteiger charge is -2.06. The summed E-state index contributed by atoms with van der Waals surface area (Å²) in [6.45, 7) is 2.93. The monoisotopic (exact) mass is 302 g/mol. The van der Waals surface area contributed by atoms with Crippen LogP contribution in [0.5, 0.6) is 0 Å². The number of rotatable bonds is 4. The summed E-state index contributed by atoms with van der Waals surface area (Å²) in [6, 6.07) is 8.56. The molecular formula is C14H14N4S2. The first-order chi connectivity index (χ1) is 9.74. The third-order valence-electron chi connectivity index (χ3n) is 3.04. The number of hydrogen-bond acceptors (Lipinski definition) is 4. The molecule has 0 bridgehead atoms. The molecule has 0 atom stereocenters. The Balaban J connectivity index is 1.69. The molecule has 0 saturated carbocycles. The van der Waals surface area contributed by atoms with Gasteiger partial charge in [-0.1, -0.05) is 29.9 Å². The molecule has 6 heteroatoms. The normalized spacial score (nSPS) is 11.1. The molecule has 0 aliphatic heterocycles. The molecule has 0 unspecified atom stereocenters. The predicted molar refractivity (Wildman–Crippen MR) is 84.6 cm³/mol. The van der Waals surface area contributed by atoms with Crippen LogP contribution in [0.25, 0.3) is 11.2 Å². The van der Waals surface area contributed by atoms with Crippen LogP contribution in [0.4, 0.5) is 0 Å². The molecule has 1 N–H and O–H groups in total. The summed E-state index contributed by atoms with van der Waals surface area (Å²) in [7, 11) is 0. The lowest BCUT2D eigenvalue weighted by atomic mass is 10.2. The molecule has 0 radical (unpaired) electrons. The number of nitrogens with one attached hydrogen (secondary N) is 1. The summed E-state index contributed by atoms with van der Waals surface area (Å²) >= 11 is 7.26. The summed E-state index contributed by atoms with van der Waals surface area (Å²) < 4.78 is 2.74. The van der Waals surface area contributed by atoms with Gasteiger partial charge in [0.25, 0.3) is 0 Å². The van der Waals surface area contributed by atoms with E-state index < -0.39 is 0 Å². The number of H-pyrrole nitrogens is 1. The molecule has 0 amide bonds. The van der Waals surface area contributed by atoms with E-state index in [9.17, 15) is 0 Å². The van der Waals surface area contributed by atoms with E-state index >= 15 is 0 Å². The molecule has 0 saturated heterocycles. The van der Waals surface area contributed by atoms with Crippen LogP contribution >= 0.6 is 24.0 Å². The number of hydrogen-bond donors (Lipinski definition) is 1. The number of imidazole rings is 1. The molecule has 1 aromatic carbocycles. The van der Waals surface area contributed by atoms with Crippen molar-refractivity contribution >= 4 is 35.1 Å². The van der Waals surface area contributed by atoms with Gasteiger partial charge in [-0.25, -0.2) is 9.97 Å². The SMILES string of the molecule is Cc1ccc(SCCn2cnc3nc[nH]c3c2=S)cc1. The molecule has 4 nitrogen and oxygen atoms in total. The number of nitrogens with zero attached hydrogens (tertiary/aromatic N) is 3. The molecule has 0 aliphatic rings. The van der Waals surface area contributed by atoms with Gasteiger partial charge in [0.15, 0.2) is 5.65 Å². The Morgan fingerprint density at radius 1 is 1.25 bits per heavy atom. The number of benzene rings is 1. The van der Waals surface area contributed by atoms with Gasteiger partial charge in [-0.2, -0.15) is 0 Å². The highest BCUT2D eigenvalue weighted by Gasteiger charge is 2.03. The Labute approximate surface area is 126 Å². The van der Waals surface area contributed by atoms with E-state index in [0.29, 0.717) is 5.65 Å². The number of aryl methyl sites for hydroxylation is 2. The van der Waals surface area contributed by atoms with Gasteiger partial charge in [-0.15, -0.1) is 11.8 Å². The van der Waals surface area contributed by atoms with Gasteiger partial charge in [0.1, 0.15) is 10.2 Å². The molecule has 0 fully saturated rings. The molecule has 20 heavy (non-hydrogen) atoms. The Morgan fingerprint density at radius 3 is 2.85 bits per heavy atom. The number of fused-ring (bicyclic) bond motifs is 1. The van der Waals surface area contributed by atoms with Crippen LogP contribution in [0.15, 0.2) is 41.8 Å². The van der Waals surface area contributed by atoms with E-state index in [1.54, 1.807) is 12.7 Å². The Bertz CT molecular complexity index is 774. The van der Waals surface area contributed by atoms with Gasteiger partial charge in [-0.05, 0) is 19.1 Å². The van der Waals surface area contributed by atoms with Crippen LogP contribution in [0.1, 0.15) is 5.56 Å². The molecule has 2 aromatic heterocycles. The largest absolute Gasteiger partial charge is 0.341 e. The second-order valence-corrected chi connectivity index (χ2v) is 6.06. The highest BCUT2D eigenvalue weighted by molar-refractivity contribution is 7.99. The first-order valence-corrected chi connectivity index (χ1v) is 7.71. The Morgan fingerprint density at radius 2 is 2.05 bits per heavy atom. The zero-order valence-corrected chi connectivity index (χ0v) is 12.7. The summed E-state index contributed by atoms with van der Waals surface area (Å²) in [6.07, 6.45) is 3.39. The number of aromatic nitrogens is 4. The fraction of sp³-hybridized carbons (Fsp3) is 0.214. The lowest BCUT2D eigenvalue weighted by Crippen LogP contribution is -2.04. The smallest absolute Gasteiger partial charge is 0.181 e. The first-order valence-electron chi connectivity index (χ1n) is 6.32. The summed E-state index contributed by atoms with van der Waals surface area (Å²) in [5.41, 5.74) is 2.80. The Kier molecular flexibility index (Phi) is 3.84. The maximum Gasteiger partial charge on any atom is 0.181 e. The predicted octanol–water partition coefficient (Wildman–Crippen LogP) is 3.59. The average molecular weight is 302 g/mol. The van der Waals surface area contributed by atoms with E-state index in [2.05, 4.69) is 46.1 Å². The molecule has 3 rings (SSSR count). The molecule has 3 aromatic rings. The van der Waals surface area contributed by atoms with Crippen molar-refractivity contribution in [1.82, 2.24) is 19.5 Å². The maximum absolute atomic E-state index is 5.44. The van der Waals surface area contributed by atoms with Crippen molar-refractivity contribution < 1.29 is 0 Å². The van der Waals surface area contributed by atoms with Crippen LogP contribution in [-0.4, -0.2) is 25.3 Å².